The number of carbonyl (C=O) groups is 2. The van der Waals surface area contributed by atoms with Gasteiger partial charge in [0.25, 0.3) is 11.8 Å². The van der Waals surface area contributed by atoms with E-state index >= 15 is 0 Å². The third-order valence-electron chi connectivity index (χ3n) is 4.41. The highest BCUT2D eigenvalue weighted by atomic mass is 32.2. The van der Waals surface area contributed by atoms with Gasteiger partial charge in [0.15, 0.2) is 5.06 Å². The molecule has 170 valence electrons. The topological polar surface area (TPSA) is 89.0 Å². The van der Waals surface area contributed by atoms with Crippen molar-refractivity contribution in [3.8, 4) is 10.8 Å². The lowest BCUT2D eigenvalue weighted by molar-refractivity contribution is -0.117. The number of hydrogen-bond acceptors (Lipinski definition) is 7. The molecule has 0 fully saturated rings. The van der Waals surface area contributed by atoms with Crippen LogP contribution < -0.4 is 20.2 Å². The zero-order valence-electron chi connectivity index (χ0n) is 18.3. The number of methoxy groups -OCH3 is 2. The molecule has 7 nitrogen and oxygen atoms in total. The van der Waals surface area contributed by atoms with E-state index < -0.39 is 11.8 Å². The highest BCUT2D eigenvalue weighted by Crippen LogP contribution is 2.34. The van der Waals surface area contributed by atoms with Gasteiger partial charge in [0.1, 0.15) is 11.4 Å². The van der Waals surface area contributed by atoms with E-state index in [-0.39, 0.29) is 5.70 Å². The van der Waals surface area contributed by atoms with E-state index in [0.717, 1.165) is 9.77 Å². The van der Waals surface area contributed by atoms with Gasteiger partial charge in [-0.05, 0) is 48.2 Å². The van der Waals surface area contributed by atoms with Crippen LogP contribution in [0.5, 0.6) is 10.8 Å². The summed E-state index contributed by atoms with van der Waals surface area (Å²) in [6.07, 6.45) is 5.05. The Balaban J connectivity index is 1.81. The van der Waals surface area contributed by atoms with Crippen LogP contribution in [0, 0.1) is 0 Å². The summed E-state index contributed by atoms with van der Waals surface area (Å²) in [6.45, 7) is 0. The summed E-state index contributed by atoms with van der Waals surface area (Å²) in [4.78, 5) is 25.5. The molecule has 0 aliphatic rings. The highest BCUT2D eigenvalue weighted by molar-refractivity contribution is 8.00. The first-order valence-corrected chi connectivity index (χ1v) is 11.9. The van der Waals surface area contributed by atoms with Gasteiger partial charge in [-0.2, -0.15) is 5.10 Å². The summed E-state index contributed by atoms with van der Waals surface area (Å²) >= 11 is 3.09. The highest BCUT2D eigenvalue weighted by Gasteiger charge is 2.15. The Morgan fingerprint density at radius 1 is 1.03 bits per heavy atom. The van der Waals surface area contributed by atoms with E-state index in [0.29, 0.717) is 21.9 Å². The van der Waals surface area contributed by atoms with E-state index in [9.17, 15) is 9.59 Å². The maximum atomic E-state index is 12.9. The van der Waals surface area contributed by atoms with Gasteiger partial charge < -0.3 is 14.8 Å². The molecule has 0 saturated carbocycles. The van der Waals surface area contributed by atoms with E-state index in [1.54, 1.807) is 80.6 Å². The first-order chi connectivity index (χ1) is 16.0. The molecule has 0 atom stereocenters. The molecule has 3 rings (SSSR count). The number of rotatable bonds is 9. The Morgan fingerprint density at radius 3 is 2.39 bits per heavy atom. The summed E-state index contributed by atoms with van der Waals surface area (Å²) in [5.74, 6) is -0.283. The van der Waals surface area contributed by atoms with Crippen molar-refractivity contribution in [3.63, 3.8) is 0 Å². The molecule has 0 saturated heterocycles. The van der Waals surface area contributed by atoms with Gasteiger partial charge in [0.2, 0.25) is 0 Å². The van der Waals surface area contributed by atoms with Gasteiger partial charge in [0.05, 0.1) is 24.6 Å². The zero-order valence-corrected chi connectivity index (χ0v) is 20.0. The minimum absolute atomic E-state index is 0.0493. The lowest BCUT2D eigenvalue weighted by Crippen LogP contribution is -2.32. The van der Waals surface area contributed by atoms with Gasteiger partial charge in [-0.3, -0.25) is 9.59 Å². The summed E-state index contributed by atoms with van der Waals surface area (Å²) in [6, 6.07) is 17.7. The average molecular weight is 482 g/mol. The Morgan fingerprint density at radius 2 is 1.76 bits per heavy atom. The quantitative estimate of drug-likeness (QED) is 0.205. The normalized spacial score (nSPS) is 11.3. The first-order valence-electron chi connectivity index (χ1n) is 9.81. The summed E-state index contributed by atoms with van der Waals surface area (Å²) in [5, 5.41) is 7.42. The average Bonchev–Trinajstić information content (AvgIpc) is 3.26. The molecule has 2 amide bonds. The maximum absolute atomic E-state index is 12.9. The van der Waals surface area contributed by atoms with E-state index in [1.807, 2.05) is 18.4 Å². The Labute approximate surface area is 200 Å². The first kappa shape index (κ1) is 24.1. The minimum Gasteiger partial charge on any atom is -0.497 e. The molecule has 1 aromatic heterocycles. The van der Waals surface area contributed by atoms with E-state index in [4.69, 9.17) is 9.47 Å². The second-order valence-electron chi connectivity index (χ2n) is 6.57. The number of ether oxygens (including phenoxy) is 2. The molecule has 1 heterocycles. The van der Waals surface area contributed by atoms with Crippen molar-refractivity contribution in [2.75, 3.05) is 20.5 Å². The van der Waals surface area contributed by atoms with Gasteiger partial charge in [0, 0.05) is 11.1 Å². The smallest absolute Gasteiger partial charge is 0.287 e. The Kier molecular flexibility index (Phi) is 8.68. The lowest BCUT2D eigenvalue weighted by atomic mass is 10.1. The molecule has 0 aliphatic heterocycles. The second kappa shape index (κ2) is 11.9. The van der Waals surface area contributed by atoms with Crippen LogP contribution in [0.1, 0.15) is 21.5 Å². The van der Waals surface area contributed by atoms with E-state index in [1.165, 1.54) is 17.6 Å². The number of benzene rings is 2. The van der Waals surface area contributed by atoms with Crippen molar-refractivity contribution < 1.29 is 19.1 Å². The predicted octanol–water partition coefficient (Wildman–Crippen LogP) is 4.41. The number of thioether (sulfide) groups is 1. The predicted molar refractivity (Wildman–Crippen MR) is 133 cm³/mol. The fourth-order valence-electron chi connectivity index (χ4n) is 2.75. The Bertz CT molecular complexity index is 1160. The number of thiophene rings is 1. The van der Waals surface area contributed by atoms with Crippen LogP contribution in [0.15, 0.2) is 75.7 Å². The number of hydrogen-bond donors (Lipinski definition) is 2. The maximum Gasteiger partial charge on any atom is 0.287 e. The summed E-state index contributed by atoms with van der Waals surface area (Å²) in [5.41, 5.74) is 4.42. The number of nitrogens with one attached hydrogen (secondary N) is 2. The van der Waals surface area contributed by atoms with Crippen LogP contribution in [0.25, 0.3) is 6.08 Å². The van der Waals surface area contributed by atoms with Crippen molar-refractivity contribution in [2.24, 2.45) is 5.10 Å². The molecular formula is C24H23N3O4S2. The summed E-state index contributed by atoms with van der Waals surface area (Å²) in [7, 11) is 3.16. The number of hydrazone groups is 1. The molecule has 3 aromatic rings. The summed E-state index contributed by atoms with van der Waals surface area (Å²) < 4.78 is 11.6. The fraction of sp³-hybridized carbons (Fsp3) is 0.125. The van der Waals surface area contributed by atoms with Crippen LogP contribution in [0.4, 0.5) is 0 Å². The van der Waals surface area contributed by atoms with Crippen molar-refractivity contribution in [3.05, 3.63) is 83.1 Å². The van der Waals surface area contributed by atoms with Gasteiger partial charge in [-0.15, -0.1) is 11.8 Å². The standard InChI is InChI=1S/C24H23N3O4S2/c1-30-19-11-9-16(10-12-19)13-20(26-22(28)17-7-5-4-6-8-17)23(29)27-25-15-18-14-21(32-3)33-24(18)31-2/h4-15H,1-3H3,(H,26,28)(H,27,29)/b20-13+,25-15+. The SMILES string of the molecule is COc1ccc(/C=C(/NC(=O)c2ccccc2)C(=O)N/N=C/c2cc(SC)sc2OC)cc1. The molecule has 9 heteroatoms. The van der Waals surface area contributed by atoms with Gasteiger partial charge in [-0.25, -0.2) is 5.43 Å². The van der Waals surface area contributed by atoms with Crippen LogP contribution in [-0.2, 0) is 4.79 Å². The van der Waals surface area contributed by atoms with E-state index in [2.05, 4.69) is 15.8 Å². The van der Waals surface area contributed by atoms with Crippen molar-refractivity contribution >= 4 is 47.2 Å². The molecule has 0 unspecified atom stereocenters. The van der Waals surface area contributed by atoms with Crippen LogP contribution >= 0.6 is 23.1 Å². The molecule has 2 aromatic carbocycles. The monoisotopic (exact) mass is 481 g/mol. The molecule has 33 heavy (non-hydrogen) atoms. The fourth-order valence-corrected chi connectivity index (χ4v) is 4.23. The van der Waals surface area contributed by atoms with Crippen molar-refractivity contribution in [2.45, 2.75) is 4.21 Å². The van der Waals surface area contributed by atoms with Crippen molar-refractivity contribution in [1.82, 2.24) is 10.7 Å². The van der Waals surface area contributed by atoms with Crippen LogP contribution in [0.3, 0.4) is 0 Å². The molecule has 0 spiro atoms. The molecule has 0 aliphatic carbocycles. The second-order valence-corrected chi connectivity index (χ2v) is 8.69. The molecule has 0 radical (unpaired) electrons. The number of carbonyl (C=O) groups excluding carboxylic acids is 2. The number of amides is 2. The number of nitrogens with zero attached hydrogens (tertiary/aromatic N) is 1. The largest absolute Gasteiger partial charge is 0.497 e. The molecule has 2 N–H and O–H groups in total. The zero-order chi connectivity index (χ0) is 23.6. The lowest BCUT2D eigenvalue weighted by Gasteiger charge is -2.09. The Hall–Kier alpha value is -3.56. The third kappa shape index (κ3) is 6.71. The minimum atomic E-state index is -0.564. The van der Waals surface area contributed by atoms with Gasteiger partial charge in [-0.1, -0.05) is 41.7 Å². The van der Waals surface area contributed by atoms with Crippen LogP contribution in [0.2, 0.25) is 0 Å². The van der Waals surface area contributed by atoms with Crippen molar-refractivity contribution in [1.29, 1.82) is 0 Å². The van der Waals surface area contributed by atoms with Gasteiger partial charge >= 0.3 is 0 Å². The van der Waals surface area contributed by atoms with Crippen LogP contribution in [-0.4, -0.2) is 38.5 Å². The third-order valence-corrected chi connectivity index (χ3v) is 6.59. The molecule has 0 bridgehead atoms. The molecular weight excluding hydrogens is 458 g/mol.